The van der Waals surface area contributed by atoms with Crippen LogP contribution in [0.1, 0.15) is 29.2 Å². The van der Waals surface area contributed by atoms with Crippen molar-refractivity contribution >= 4 is 0 Å². The van der Waals surface area contributed by atoms with Gasteiger partial charge in [-0.05, 0) is 35.7 Å². The number of nitrogens with zero attached hydrogens (tertiary/aromatic N) is 2. The van der Waals surface area contributed by atoms with Gasteiger partial charge in [0.2, 0.25) is 0 Å². The summed E-state index contributed by atoms with van der Waals surface area (Å²) in [4.78, 5) is 2.11. The molecule has 2 aromatic rings. The summed E-state index contributed by atoms with van der Waals surface area (Å²) in [6, 6.07) is 7.20. The van der Waals surface area contributed by atoms with Gasteiger partial charge in [0.15, 0.2) is 0 Å². The Morgan fingerprint density at radius 2 is 1.87 bits per heavy atom. The molecule has 0 aliphatic carbocycles. The maximum atomic E-state index is 12.7. The lowest BCUT2D eigenvalue weighted by Gasteiger charge is -2.24. The molecule has 1 aliphatic rings. The number of aromatic nitrogens is 1. The maximum Gasteiger partial charge on any atom is 0.416 e. The molecule has 1 saturated heterocycles. The quantitative estimate of drug-likeness (QED) is 0.938. The fourth-order valence-electron chi connectivity index (χ4n) is 3.18. The van der Waals surface area contributed by atoms with Crippen molar-refractivity contribution < 1.29 is 18.3 Å². The van der Waals surface area contributed by atoms with Gasteiger partial charge in [0, 0.05) is 38.6 Å². The molecular formula is C17H19F3N2O. The first-order chi connectivity index (χ1) is 10.8. The van der Waals surface area contributed by atoms with Crippen LogP contribution in [0.2, 0.25) is 0 Å². The van der Waals surface area contributed by atoms with E-state index in [2.05, 4.69) is 4.90 Å². The number of β-amino-alcohol motifs (C(OH)–C–C–N with tert-alkyl or cyclic N) is 1. The third-order valence-electron chi connectivity index (χ3n) is 4.28. The van der Waals surface area contributed by atoms with Gasteiger partial charge in [0.25, 0.3) is 0 Å². The van der Waals surface area contributed by atoms with Gasteiger partial charge >= 0.3 is 6.18 Å². The lowest BCUT2D eigenvalue weighted by molar-refractivity contribution is -0.137. The smallest absolute Gasteiger partial charge is 0.392 e. The van der Waals surface area contributed by atoms with Crippen LogP contribution >= 0.6 is 0 Å². The van der Waals surface area contributed by atoms with Gasteiger partial charge in [-0.1, -0.05) is 12.1 Å². The summed E-state index contributed by atoms with van der Waals surface area (Å²) in [5, 5.41) is 9.97. The molecule has 2 unspecified atom stereocenters. The number of rotatable bonds is 3. The number of aliphatic hydroxyl groups is 1. The molecule has 0 bridgehead atoms. The van der Waals surface area contributed by atoms with Crippen molar-refractivity contribution in [2.45, 2.75) is 31.3 Å². The van der Waals surface area contributed by atoms with E-state index in [1.165, 1.54) is 12.1 Å². The highest BCUT2D eigenvalue weighted by Gasteiger charge is 2.34. The molecule has 3 nitrogen and oxygen atoms in total. The molecule has 23 heavy (non-hydrogen) atoms. The van der Waals surface area contributed by atoms with Crippen molar-refractivity contribution in [1.29, 1.82) is 0 Å². The van der Waals surface area contributed by atoms with Crippen molar-refractivity contribution in [1.82, 2.24) is 9.47 Å². The monoisotopic (exact) mass is 324 g/mol. The van der Waals surface area contributed by atoms with Gasteiger partial charge in [-0.2, -0.15) is 13.2 Å². The predicted octanol–water partition coefficient (Wildman–Crippen LogP) is 3.35. The zero-order valence-corrected chi connectivity index (χ0v) is 12.8. The minimum Gasteiger partial charge on any atom is -0.392 e. The van der Waals surface area contributed by atoms with E-state index in [0.29, 0.717) is 19.5 Å². The lowest BCUT2D eigenvalue weighted by Crippen LogP contribution is -2.24. The van der Waals surface area contributed by atoms with Crippen LogP contribution in [-0.2, 0) is 19.8 Å². The Hall–Kier alpha value is -1.79. The van der Waals surface area contributed by atoms with Crippen LogP contribution in [-0.4, -0.2) is 27.2 Å². The van der Waals surface area contributed by atoms with Crippen LogP contribution in [0.3, 0.4) is 0 Å². The van der Waals surface area contributed by atoms with Crippen LogP contribution in [0.4, 0.5) is 13.2 Å². The first-order valence-electron chi connectivity index (χ1n) is 7.53. The molecule has 0 spiro atoms. The molecule has 0 radical (unpaired) electrons. The summed E-state index contributed by atoms with van der Waals surface area (Å²) in [5.74, 6) is 0. The molecule has 1 aromatic heterocycles. The van der Waals surface area contributed by atoms with Gasteiger partial charge in [-0.25, -0.2) is 0 Å². The Morgan fingerprint density at radius 3 is 2.43 bits per heavy atom. The van der Waals surface area contributed by atoms with Gasteiger partial charge in [-0.3, -0.25) is 4.90 Å². The highest BCUT2D eigenvalue weighted by Crippen LogP contribution is 2.35. The van der Waals surface area contributed by atoms with Crippen LogP contribution < -0.4 is 0 Å². The Kier molecular flexibility index (Phi) is 4.21. The van der Waals surface area contributed by atoms with E-state index in [9.17, 15) is 18.3 Å². The van der Waals surface area contributed by atoms with Crippen LogP contribution in [0.15, 0.2) is 42.7 Å². The Morgan fingerprint density at radius 1 is 1.17 bits per heavy atom. The summed E-state index contributed by atoms with van der Waals surface area (Å²) >= 11 is 0. The average molecular weight is 324 g/mol. The van der Waals surface area contributed by atoms with Crippen LogP contribution in [0.5, 0.6) is 0 Å². The largest absolute Gasteiger partial charge is 0.416 e. The topological polar surface area (TPSA) is 28.4 Å². The number of aryl methyl sites for hydroxylation is 1. The van der Waals surface area contributed by atoms with Gasteiger partial charge in [0.05, 0.1) is 11.7 Å². The number of likely N-dealkylation sites (tertiary alicyclic amines) is 1. The molecule has 6 heteroatoms. The average Bonchev–Trinajstić information content (AvgIpc) is 3.04. The van der Waals surface area contributed by atoms with E-state index in [1.807, 2.05) is 30.1 Å². The number of hydrogen-bond acceptors (Lipinski definition) is 2. The number of alkyl halides is 3. The minimum absolute atomic E-state index is 0.0625. The van der Waals surface area contributed by atoms with Gasteiger partial charge < -0.3 is 9.67 Å². The molecule has 1 aromatic carbocycles. The van der Waals surface area contributed by atoms with Gasteiger partial charge in [-0.15, -0.1) is 0 Å². The zero-order valence-electron chi connectivity index (χ0n) is 12.8. The summed E-state index contributed by atoms with van der Waals surface area (Å²) in [5.41, 5.74) is 1.29. The number of halogens is 3. The van der Waals surface area contributed by atoms with Gasteiger partial charge in [0.1, 0.15) is 0 Å². The highest BCUT2D eigenvalue weighted by atomic mass is 19.4. The van der Waals surface area contributed by atoms with Crippen molar-refractivity contribution in [3.63, 3.8) is 0 Å². The van der Waals surface area contributed by atoms with E-state index in [-0.39, 0.29) is 6.04 Å². The second-order valence-corrected chi connectivity index (χ2v) is 6.14. The van der Waals surface area contributed by atoms with Crippen molar-refractivity contribution in [3.8, 4) is 0 Å². The van der Waals surface area contributed by atoms with Crippen LogP contribution in [0.25, 0.3) is 0 Å². The summed E-state index contributed by atoms with van der Waals surface area (Å²) in [6.45, 7) is 1.20. The van der Waals surface area contributed by atoms with E-state index >= 15 is 0 Å². The molecule has 1 aliphatic heterocycles. The van der Waals surface area contributed by atoms with E-state index in [0.717, 1.165) is 23.3 Å². The normalized spacial score (nSPS) is 22.7. The zero-order chi connectivity index (χ0) is 16.6. The molecule has 124 valence electrons. The second kappa shape index (κ2) is 6.02. The molecule has 3 rings (SSSR count). The fraction of sp³-hybridized carbons (Fsp3) is 0.412. The number of aliphatic hydroxyl groups excluding tert-OH is 1. The third-order valence-corrected chi connectivity index (χ3v) is 4.28. The lowest BCUT2D eigenvalue weighted by atomic mass is 10.0. The van der Waals surface area contributed by atoms with E-state index in [4.69, 9.17) is 0 Å². The summed E-state index contributed by atoms with van der Waals surface area (Å²) in [7, 11) is 1.94. The summed E-state index contributed by atoms with van der Waals surface area (Å²) in [6.07, 6.45) is -0.273. The minimum atomic E-state index is -4.32. The molecule has 1 fully saturated rings. The maximum absolute atomic E-state index is 12.7. The second-order valence-electron chi connectivity index (χ2n) is 6.14. The molecule has 0 saturated carbocycles. The standard InChI is InChI=1S/C17H19F3N2O/c1-21-7-6-12(9-21)10-22-11-15(23)8-16(22)13-2-4-14(5-3-13)17(18,19)20/h2-7,9,15-16,23H,8,10-11H2,1H3. The Balaban J connectivity index is 1.79. The van der Waals surface area contributed by atoms with Crippen LogP contribution in [0, 0.1) is 0 Å². The molecule has 1 N–H and O–H groups in total. The Bertz CT molecular complexity index is 663. The van der Waals surface area contributed by atoms with E-state index < -0.39 is 17.8 Å². The third kappa shape index (κ3) is 3.59. The first-order valence-corrected chi connectivity index (χ1v) is 7.53. The molecule has 2 heterocycles. The fourth-order valence-corrected chi connectivity index (χ4v) is 3.18. The van der Waals surface area contributed by atoms with Crippen molar-refractivity contribution in [2.24, 2.45) is 7.05 Å². The molecular weight excluding hydrogens is 305 g/mol. The molecule has 0 amide bonds. The van der Waals surface area contributed by atoms with Crippen molar-refractivity contribution in [2.75, 3.05) is 6.54 Å². The Labute approximate surface area is 133 Å². The SMILES string of the molecule is Cn1ccc(CN2CC(O)CC2c2ccc(C(F)(F)F)cc2)c1. The van der Waals surface area contributed by atoms with E-state index in [1.54, 1.807) is 0 Å². The first kappa shape index (κ1) is 16.1. The molecule has 2 atom stereocenters. The van der Waals surface area contributed by atoms with Crippen molar-refractivity contribution in [3.05, 3.63) is 59.4 Å². The highest BCUT2D eigenvalue weighted by molar-refractivity contribution is 5.28. The number of hydrogen-bond donors (Lipinski definition) is 1. The number of benzene rings is 1. The summed E-state index contributed by atoms with van der Waals surface area (Å²) < 4.78 is 40.0. The predicted molar refractivity (Wildman–Crippen MR) is 80.6 cm³/mol.